The Labute approximate surface area is 218 Å². The average molecular weight is 518 g/mol. The van der Waals surface area contributed by atoms with Gasteiger partial charge in [0.1, 0.15) is 5.75 Å². The molecule has 0 unspecified atom stereocenters. The number of ether oxygens (including phenoxy) is 1. The fraction of sp³-hybridized carbons (Fsp3) is 0.552. The molecule has 0 heterocycles. The molecular formula is C29H43NO5S. The van der Waals surface area contributed by atoms with Gasteiger partial charge in [0.2, 0.25) is 0 Å². The predicted octanol–water partition coefficient (Wildman–Crippen LogP) is 7.89. The molecule has 0 saturated carbocycles. The van der Waals surface area contributed by atoms with Crippen LogP contribution in [-0.2, 0) is 15.7 Å². The van der Waals surface area contributed by atoms with E-state index >= 15 is 0 Å². The van der Waals surface area contributed by atoms with E-state index in [0.717, 1.165) is 27.8 Å². The third-order valence-corrected chi connectivity index (χ3v) is 6.98. The van der Waals surface area contributed by atoms with E-state index in [2.05, 4.69) is 20.8 Å². The minimum Gasteiger partial charge on any atom is -0.409 e. The number of hydrogen-bond acceptors (Lipinski definition) is 5. The molecule has 0 aliphatic carbocycles. The summed E-state index contributed by atoms with van der Waals surface area (Å²) in [7, 11) is -4.49. The Kier molecular flexibility index (Phi) is 9.27. The standard InChI is InChI=1S/C29H43NO5S/c1-17(2)22-13-12-14-23(18(3)4)27(22)35-36(32,33)30-28(31)34-26-24(19(5)6)15-21(29(9,10)11)16-25(26)20(7)8/h12-20H,1-11H3,(H,30,31). The molecule has 0 aromatic heterocycles. The number of nitrogens with one attached hydrogen (secondary N) is 1. The Morgan fingerprint density at radius 3 is 1.53 bits per heavy atom. The minimum absolute atomic E-state index is 0.0318. The molecule has 2 aromatic rings. The normalized spacial score (nSPS) is 12.5. The molecule has 2 aromatic carbocycles. The van der Waals surface area contributed by atoms with Crippen LogP contribution in [0.25, 0.3) is 0 Å². The Balaban J connectivity index is 2.43. The summed E-state index contributed by atoms with van der Waals surface area (Å²) in [6, 6.07) is 9.63. The summed E-state index contributed by atoms with van der Waals surface area (Å²) in [4.78, 5) is 12.9. The highest BCUT2D eigenvalue weighted by atomic mass is 32.2. The first kappa shape index (κ1) is 29.7. The van der Waals surface area contributed by atoms with E-state index in [4.69, 9.17) is 8.92 Å². The van der Waals surface area contributed by atoms with E-state index in [1.54, 1.807) is 0 Å². The van der Waals surface area contributed by atoms with Crippen LogP contribution in [0.15, 0.2) is 30.3 Å². The summed E-state index contributed by atoms with van der Waals surface area (Å²) >= 11 is 0. The molecule has 2 rings (SSSR count). The van der Waals surface area contributed by atoms with Crippen molar-refractivity contribution in [1.29, 1.82) is 0 Å². The van der Waals surface area contributed by atoms with Crippen LogP contribution >= 0.6 is 0 Å². The maximum atomic E-state index is 12.9. The first-order valence-corrected chi connectivity index (χ1v) is 14.1. The fourth-order valence-corrected chi connectivity index (χ4v) is 4.71. The van der Waals surface area contributed by atoms with Crippen molar-refractivity contribution in [1.82, 2.24) is 4.72 Å². The van der Waals surface area contributed by atoms with Crippen LogP contribution in [0.3, 0.4) is 0 Å². The van der Waals surface area contributed by atoms with Gasteiger partial charge in [0, 0.05) is 0 Å². The van der Waals surface area contributed by atoms with E-state index in [1.165, 1.54) is 0 Å². The zero-order chi connectivity index (χ0) is 27.6. The molecule has 1 N–H and O–H groups in total. The van der Waals surface area contributed by atoms with Gasteiger partial charge >= 0.3 is 16.4 Å². The van der Waals surface area contributed by atoms with Crippen LogP contribution in [0.4, 0.5) is 4.79 Å². The van der Waals surface area contributed by atoms with Gasteiger partial charge in [-0.25, -0.2) is 4.79 Å². The Morgan fingerprint density at radius 1 is 0.750 bits per heavy atom. The SMILES string of the molecule is CC(C)c1cc(C(C)(C)C)cc(C(C)C)c1OC(=O)NS(=O)(=O)Oc1c(C(C)C)cccc1C(C)C. The molecule has 0 aliphatic rings. The lowest BCUT2D eigenvalue weighted by Gasteiger charge is -2.26. The number of hydrogen-bond donors (Lipinski definition) is 1. The number of rotatable bonds is 8. The average Bonchev–Trinajstić information content (AvgIpc) is 2.71. The van der Waals surface area contributed by atoms with Crippen LogP contribution in [0.5, 0.6) is 11.5 Å². The molecule has 0 atom stereocenters. The van der Waals surface area contributed by atoms with E-state index in [9.17, 15) is 13.2 Å². The van der Waals surface area contributed by atoms with Crippen molar-refractivity contribution < 1.29 is 22.1 Å². The second kappa shape index (κ2) is 11.2. The van der Waals surface area contributed by atoms with Crippen molar-refractivity contribution in [2.45, 2.75) is 105 Å². The second-order valence-corrected chi connectivity index (χ2v) is 12.9. The molecule has 0 fully saturated rings. The number of benzene rings is 2. The van der Waals surface area contributed by atoms with Crippen molar-refractivity contribution in [3.8, 4) is 11.5 Å². The minimum atomic E-state index is -4.49. The van der Waals surface area contributed by atoms with E-state index in [0.29, 0.717) is 5.75 Å². The monoisotopic (exact) mass is 517 g/mol. The number of para-hydroxylation sites is 1. The first-order chi connectivity index (χ1) is 16.4. The molecule has 0 spiro atoms. The molecule has 0 bridgehead atoms. The zero-order valence-corrected chi connectivity index (χ0v) is 24.5. The van der Waals surface area contributed by atoms with Gasteiger partial charge < -0.3 is 8.92 Å². The predicted molar refractivity (Wildman–Crippen MR) is 147 cm³/mol. The third kappa shape index (κ3) is 7.25. The third-order valence-electron chi connectivity index (χ3n) is 6.17. The number of carbonyl (C=O) groups is 1. The lowest BCUT2D eigenvalue weighted by Crippen LogP contribution is -2.37. The maximum absolute atomic E-state index is 12.9. The lowest BCUT2D eigenvalue weighted by molar-refractivity contribution is 0.204. The zero-order valence-electron chi connectivity index (χ0n) is 23.6. The van der Waals surface area contributed by atoms with Crippen molar-refractivity contribution >= 4 is 16.4 Å². The molecule has 36 heavy (non-hydrogen) atoms. The van der Waals surface area contributed by atoms with Gasteiger partial charge in [0.25, 0.3) is 0 Å². The van der Waals surface area contributed by atoms with Crippen molar-refractivity contribution in [3.05, 3.63) is 58.1 Å². The van der Waals surface area contributed by atoms with Crippen LogP contribution in [0, 0.1) is 0 Å². The fourth-order valence-electron chi connectivity index (χ4n) is 4.01. The highest BCUT2D eigenvalue weighted by Crippen LogP contribution is 2.39. The highest BCUT2D eigenvalue weighted by molar-refractivity contribution is 7.85. The van der Waals surface area contributed by atoms with Gasteiger partial charge in [-0.05, 0) is 56.9 Å². The smallest absolute Gasteiger partial charge is 0.409 e. The maximum Gasteiger partial charge on any atom is 0.429 e. The summed E-state index contributed by atoms with van der Waals surface area (Å²) in [6.45, 7) is 22.3. The van der Waals surface area contributed by atoms with Gasteiger partial charge in [-0.15, -0.1) is 0 Å². The molecule has 0 aliphatic heterocycles. The molecule has 0 radical (unpaired) electrons. The Bertz CT molecular complexity index is 1130. The van der Waals surface area contributed by atoms with Gasteiger partial charge in [0.15, 0.2) is 5.75 Å². The van der Waals surface area contributed by atoms with E-state index in [-0.39, 0.29) is 34.8 Å². The summed E-state index contributed by atoms with van der Waals surface area (Å²) < 4.78 is 39.0. The summed E-state index contributed by atoms with van der Waals surface area (Å²) in [5, 5.41) is 0. The van der Waals surface area contributed by atoms with E-state index < -0.39 is 16.4 Å². The molecule has 6 nitrogen and oxygen atoms in total. The molecule has 200 valence electrons. The molecule has 0 saturated heterocycles. The molecule has 1 amide bonds. The summed E-state index contributed by atoms with van der Waals surface area (Å²) in [5.41, 5.74) is 4.25. The van der Waals surface area contributed by atoms with Crippen molar-refractivity contribution in [2.24, 2.45) is 0 Å². The van der Waals surface area contributed by atoms with Gasteiger partial charge in [-0.1, -0.05) is 106 Å². The number of amides is 1. The number of carbonyl (C=O) groups excluding carboxylic acids is 1. The quantitative estimate of drug-likeness (QED) is 0.385. The first-order valence-electron chi connectivity index (χ1n) is 12.7. The van der Waals surface area contributed by atoms with Gasteiger partial charge in [-0.2, -0.15) is 13.1 Å². The van der Waals surface area contributed by atoms with Crippen LogP contribution in [-0.4, -0.2) is 14.5 Å². The molecular weight excluding hydrogens is 474 g/mol. The molecule has 7 heteroatoms. The topological polar surface area (TPSA) is 81.7 Å². The highest BCUT2D eigenvalue weighted by Gasteiger charge is 2.27. The largest absolute Gasteiger partial charge is 0.429 e. The summed E-state index contributed by atoms with van der Waals surface area (Å²) in [5.74, 6) is 0.835. The lowest BCUT2D eigenvalue weighted by atomic mass is 9.81. The van der Waals surface area contributed by atoms with Crippen LogP contribution in [0.2, 0.25) is 0 Å². The van der Waals surface area contributed by atoms with Crippen LogP contribution in [0.1, 0.15) is 128 Å². The summed E-state index contributed by atoms with van der Waals surface area (Å²) in [6.07, 6.45) is -1.10. The van der Waals surface area contributed by atoms with E-state index in [1.807, 2.05) is 90.4 Å². The Hall–Kier alpha value is -2.54. The van der Waals surface area contributed by atoms with Crippen LogP contribution < -0.4 is 13.6 Å². The van der Waals surface area contributed by atoms with Crippen molar-refractivity contribution in [2.75, 3.05) is 0 Å². The Morgan fingerprint density at radius 2 is 1.17 bits per heavy atom. The van der Waals surface area contributed by atoms with Gasteiger partial charge in [0.05, 0.1) is 0 Å². The van der Waals surface area contributed by atoms with Crippen molar-refractivity contribution in [3.63, 3.8) is 0 Å². The van der Waals surface area contributed by atoms with Gasteiger partial charge in [-0.3, -0.25) is 0 Å². The second-order valence-electron chi connectivity index (χ2n) is 11.6.